The lowest BCUT2D eigenvalue weighted by Crippen LogP contribution is -2.05. The van der Waals surface area contributed by atoms with Crippen LogP contribution in [0.2, 0.25) is 0 Å². The molecule has 18 heavy (non-hydrogen) atoms. The van der Waals surface area contributed by atoms with E-state index in [9.17, 15) is 18.0 Å². The predicted octanol–water partition coefficient (Wildman–Crippen LogP) is 3.64. The van der Waals surface area contributed by atoms with Crippen LogP contribution < -0.4 is 0 Å². The zero-order valence-electron chi connectivity index (χ0n) is 9.51. The number of aryl methyl sites for hydroxylation is 1. The molecule has 2 rings (SSSR count). The Balaban J connectivity index is 2.44. The summed E-state index contributed by atoms with van der Waals surface area (Å²) in [5, 5.41) is 0. The number of hydrogen-bond acceptors (Lipinski definition) is 1. The summed E-state index contributed by atoms with van der Waals surface area (Å²) in [6.07, 6.45) is 0. The molecule has 0 radical (unpaired) electrons. The second-order valence-electron chi connectivity index (χ2n) is 3.92. The quantitative estimate of drug-likeness (QED) is 0.743. The van der Waals surface area contributed by atoms with Crippen LogP contribution in [-0.4, -0.2) is 5.78 Å². The number of hydrogen-bond donors (Lipinski definition) is 0. The maximum Gasteiger partial charge on any atom is 0.196 e. The van der Waals surface area contributed by atoms with E-state index in [0.29, 0.717) is 11.6 Å². The highest BCUT2D eigenvalue weighted by Gasteiger charge is 2.15. The van der Waals surface area contributed by atoms with Crippen LogP contribution in [0.3, 0.4) is 0 Å². The lowest BCUT2D eigenvalue weighted by atomic mass is 10.0. The lowest BCUT2D eigenvalue weighted by Gasteiger charge is -2.04. The van der Waals surface area contributed by atoms with Gasteiger partial charge < -0.3 is 0 Å². The first kappa shape index (κ1) is 12.4. The number of halogens is 3. The van der Waals surface area contributed by atoms with Crippen molar-refractivity contribution < 1.29 is 18.0 Å². The van der Waals surface area contributed by atoms with Gasteiger partial charge in [0, 0.05) is 11.6 Å². The van der Waals surface area contributed by atoms with Crippen molar-refractivity contribution in [2.45, 2.75) is 6.92 Å². The molecule has 0 aliphatic heterocycles. The molecule has 0 atom stereocenters. The zero-order valence-corrected chi connectivity index (χ0v) is 9.51. The van der Waals surface area contributed by atoms with Gasteiger partial charge >= 0.3 is 0 Å². The van der Waals surface area contributed by atoms with Gasteiger partial charge in [0.25, 0.3) is 0 Å². The Hall–Kier alpha value is -2.10. The van der Waals surface area contributed by atoms with Crippen molar-refractivity contribution in [3.05, 3.63) is 70.5 Å². The number of ketones is 1. The molecule has 2 aromatic rings. The third kappa shape index (κ3) is 2.27. The predicted molar refractivity (Wildman–Crippen MR) is 60.9 cm³/mol. The van der Waals surface area contributed by atoms with Crippen LogP contribution in [0.1, 0.15) is 21.5 Å². The number of carbonyl (C=O) groups excluding carboxylic acids is 1. The Morgan fingerprint density at radius 3 is 2.28 bits per heavy atom. The Kier molecular flexibility index (Phi) is 3.19. The maximum atomic E-state index is 13.4. The number of benzene rings is 2. The van der Waals surface area contributed by atoms with Gasteiger partial charge in [-0.3, -0.25) is 4.79 Å². The van der Waals surface area contributed by atoms with E-state index in [1.807, 2.05) is 0 Å². The van der Waals surface area contributed by atoms with E-state index in [1.54, 1.807) is 6.92 Å². The third-order valence-electron chi connectivity index (χ3n) is 2.61. The summed E-state index contributed by atoms with van der Waals surface area (Å²) in [6.45, 7) is 1.56. The smallest absolute Gasteiger partial charge is 0.196 e. The standard InChI is InChI=1S/C14H9F3O/c1-8-2-3-9(6-12(8)16)14(18)11-5-4-10(15)7-13(11)17/h2-7H,1H3. The van der Waals surface area contributed by atoms with E-state index in [2.05, 4.69) is 0 Å². The SMILES string of the molecule is Cc1ccc(C(=O)c2ccc(F)cc2F)cc1F. The van der Waals surface area contributed by atoms with Gasteiger partial charge in [-0.2, -0.15) is 0 Å². The highest BCUT2D eigenvalue weighted by molar-refractivity contribution is 6.09. The molecule has 0 saturated heterocycles. The van der Waals surface area contributed by atoms with Gasteiger partial charge in [0.05, 0.1) is 5.56 Å². The van der Waals surface area contributed by atoms with Crippen molar-refractivity contribution in [2.75, 3.05) is 0 Å². The molecule has 0 N–H and O–H groups in total. The molecule has 0 aromatic heterocycles. The van der Waals surface area contributed by atoms with Gasteiger partial charge in [0.2, 0.25) is 0 Å². The van der Waals surface area contributed by atoms with Crippen molar-refractivity contribution >= 4 is 5.78 Å². The Labute approximate surface area is 102 Å². The van der Waals surface area contributed by atoms with E-state index in [4.69, 9.17) is 0 Å². The van der Waals surface area contributed by atoms with Crippen LogP contribution in [0.25, 0.3) is 0 Å². The van der Waals surface area contributed by atoms with Crippen LogP contribution in [0.15, 0.2) is 36.4 Å². The minimum atomic E-state index is -0.957. The monoisotopic (exact) mass is 250 g/mol. The van der Waals surface area contributed by atoms with Gasteiger partial charge in [0.15, 0.2) is 5.78 Å². The summed E-state index contributed by atoms with van der Waals surface area (Å²) in [5.41, 5.74) is 0.148. The second kappa shape index (κ2) is 4.64. The first-order chi connectivity index (χ1) is 8.49. The van der Waals surface area contributed by atoms with E-state index < -0.39 is 23.2 Å². The summed E-state index contributed by atoms with van der Waals surface area (Å²) in [6, 6.07) is 6.54. The molecule has 0 spiro atoms. The molecular weight excluding hydrogens is 241 g/mol. The Morgan fingerprint density at radius 2 is 1.67 bits per heavy atom. The number of rotatable bonds is 2. The van der Waals surface area contributed by atoms with Crippen molar-refractivity contribution in [1.29, 1.82) is 0 Å². The van der Waals surface area contributed by atoms with E-state index in [0.717, 1.165) is 18.2 Å². The molecule has 0 amide bonds. The lowest BCUT2D eigenvalue weighted by molar-refractivity contribution is 0.103. The molecule has 0 fully saturated rings. The van der Waals surface area contributed by atoms with Gasteiger partial charge in [-0.15, -0.1) is 0 Å². The topological polar surface area (TPSA) is 17.1 Å². The van der Waals surface area contributed by atoms with E-state index >= 15 is 0 Å². The molecule has 0 unspecified atom stereocenters. The Bertz CT molecular complexity index is 620. The normalized spacial score (nSPS) is 10.4. The molecule has 1 nitrogen and oxygen atoms in total. The van der Waals surface area contributed by atoms with Crippen molar-refractivity contribution in [3.63, 3.8) is 0 Å². The average Bonchev–Trinajstić information content (AvgIpc) is 2.32. The minimum Gasteiger partial charge on any atom is -0.288 e. The number of carbonyl (C=O) groups is 1. The van der Waals surface area contributed by atoms with Crippen molar-refractivity contribution in [2.24, 2.45) is 0 Å². The van der Waals surface area contributed by atoms with Crippen LogP contribution in [0, 0.1) is 24.4 Å². The summed E-state index contributed by atoms with van der Waals surface area (Å²) in [4.78, 5) is 11.9. The summed E-state index contributed by atoms with van der Waals surface area (Å²) >= 11 is 0. The van der Waals surface area contributed by atoms with Crippen molar-refractivity contribution in [1.82, 2.24) is 0 Å². The zero-order chi connectivity index (χ0) is 13.3. The maximum absolute atomic E-state index is 13.4. The fourth-order valence-electron chi connectivity index (χ4n) is 1.56. The largest absolute Gasteiger partial charge is 0.288 e. The Morgan fingerprint density at radius 1 is 0.944 bits per heavy atom. The van der Waals surface area contributed by atoms with E-state index in [-0.39, 0.29) is 11.1 Å². The van der Waals surface area contributed by atoms with Gasteiger partial charge in [-0.05, 0) is 30.7 Å². The van der Waals surface area contributed by atoms with E-state index in [1.165, 1.54) is 12.1 Å². The fourth-order valence-corrected chi connectivity index (χ4v) is 1.56. The molecule has 92 valence electrons. The molecule has 2 aromatic carbocycles. The molecule has 0 saturated carbocycles. The first-order valence-corrected chi connectivity index (χ1v) is 5.25. The third-order valence-corrected chi connectivity index (χ3v) is 2.61. The van der Waals surface area contributed by atoms with Gasteiger partial charge in [0.1, 0.15) is 17.5 Å². The second-order valence-corrected chi connectivity index (χ2v) is 3.92. The molecule has 4 heteroatoms. The van der Waals surface area contributed by atoms with Gasteiger partial charge in [-0.1, -0.05) is 12.1 Å². The molecule has 0 bridgehead atoms. The fraction of sp³-hybridized carbons (Fsp3) is 0.0714. The van der Waals surface area contributed by atoms with Crippen LogP contribution in [-0.2, 0) is 0 Å². The average molecular weight is 250 g/mol. The highest BCUT2D eigenvalue weighted by Crippen LogP contribution is 2.17. The van der Waals surface area contributed by atoms with Crippen molar-refractivity contribution in [3.8, 4) is 0 Å². The minimum absolute atomic E-state index is 0.0311. The summed E-state index contributed by atoms with van der Waals surface area (Å²) in [5.74, 6) is -2.94. The summed E-state index contributed by atoms with van der Waals surface area (Å²) < 4.78 is 39.4. The molecular formula is C14H9F3O. The first-order valence-electron chi connectivity index (χ1n) is 5.25. The summed E-state index contributed by atoms with van der Waals surface area (Å²) in [7, 11) is 0. The molecule has 0 heterocycles. The van der Waals surface area contributed by atoms with Crippen LogP contribution in [0.4, 0.5) is 13.2 Å². The molecule has 0 aliphatic carbocycles. The van der Waals surface area contributed by atoms with Crippen LogP contribution in [0.5, 0.6) is 0 Å². The highest BCUT2D eigenvalue weighted by atomic mass is 19.1. The van der Waals surface area contributed by atoms with Gasteiger partial charge in [-0.25, -0.2) is 13.2 Å². The van der Waals surface area contributed by atoms with Crippen LogP contribution >= 0.6 is 0 Å². The molecule has 0 aliphatic rings.